The summed E-state index contributed by atoms with van der Waals surface area (Å²) >= 11 is 0. The molecular weight excluding hydrogens is 318 g/mol. The summed E-state index contributed by atoms with van der Waals surface area (Å²) in [4.78, 5) is 35.4. The lowest BCUT2D eigenvalue weighted by atomic mass is 10.1. The van der Waals surface area contributed by atoms with Gasteiger partial charge in [0.2, 0.25) is 11.8 Å². The molecule has 0 fully saturated rings. The van der Waals surface area contributed by atoms with Crippen molar-refractivity contribution in [2.24, 2.45) is 0 Å². The number of nitrogens with one attached hydrogen (secondary N) is 2. The van der Waals surface area contributed by atoms with E-state index in [4.69, 9.17) is 0 Å². The van der Waals surface area contributed by atoms with Crippen LogP contribution in [0.1, 0.15) is 31.0 Å². The van der Waals surface area contributed by atoms with Crippen LogP contribution in [0.5, 0.6) is 0 Å². The molecule has 6 nitrogen and oxygen atoms in total. The van der Waals surface area contributed by atoms with Crippen LogP contribution in [0.2, 0.25) is 0 Å². The molecule has 0 atom stereocenters. The van der Waals surface area contributed by atoms with Crippen molar-refractivity contribution in [2.45, 2.75) is 40.2 Å². The van der Waals surface area contributed by atoms with Crippen LogP contribution in [0.25, 0.3) is 0 Å². The average molecular weight is 341 g/mol. The minimum atomic E-state index is -0.163. The van der Waals surface area contributed by atoms with Gasteiger partial charge in [-0.15, -0.1) is 0 Å². The van der Waals surface area contributed by atoms with Crippen molar-refractivity contribution in [1.82, 2.24) is 4.57 Å². The number of hydrogen-bond donors (Lipinski definition) is 2. The minimum absolute atomic E-state index is 0.0557. The summed E-state index contributed by atoms with van der Waals surface area (Å²) in [7, 11) is 0. The molecule has 0 saturated heterocycles. The third kappa shape index (κ3) is 5.04. The van der Waals surface area contributed by atoms with Gasteiger partial charge in [-0.1, -0.05) is 13.0 Å². The fraction of sp³-hybridized carbons (Fsp3) is 0.316. The first kappa shape index (κ1) is 18.4. The van der Waals surface area contributed by atoms with Crippen molar-refractivity contribution in [3.63, 3.8) is 0 Å². The molecular formula is C19H23N3O3. The molecule has 0 bridgehead atoms. The van der Waals surface area contributed by atoms with E-state index < -0.39 is 0 Å². The number of hydrogen-bond acceptors (Lipinski definition) is 3. The molecule has 1 aromatic heterocycles. The number of carbonyl (C=O) groups excluding carboxylic acids is 2. The SMILES string of the molecule is CCC(=O)Nc1ccc(NC(=O)CCn2c(C)cccc2=O)c(C)c1. The molecule has 25 heavy (non-hydrogen) atoms. The van der Waals surface area contributed by atoms with E-state index in [-0.39, 0.29) is 23.8 Å². The van der Waals surface area contributed by atoms with Crippen molar-refractivity contribution in [1.29, 1.82) is 0 Å². The molecule has 0 aliphatic rings. The second-order valence-corrected chi connectivity index (χ2v) is 5.89. The van der Waals surface area contributed by atoms with E-state index in [1.807, 2.05) is 26.0 Å². The second kappa shape index (κ2) is 8.28. The van der Waals surface area contributed by atoms with Gasteiger partial charge < -0.3 is 15.2 Å². The number of nitrogens with zero attached hydrogens (tertiary/aromatic N) is 1. The van der Waals surface area contributed by atoms with Gasteiger partial charge in [0.25, 0.3) is 5.56 Å². The van der Waals surface area contributed by atoms with E-state index >= 15 is 0 Å². The topological polar surface area (TPSA) is 80.2 Å². The Morgan fingerprint density at radius 3 is 2.44 bits per heavy atom. The Bertz CT molecular complexity index is 840. The van der Waals surface area contributed by atoms with Crippen molar-refractivity contribution in [3.8, 4) is 0 Å². The summed E-state index contributed by atoms with van der Waals surface area (Å²) in [5.74, 6) is -0.219. The first-order chi connectivity index (χ1) is 11.9. The molecule has 0 radical (unpaired) electrons. The number of aromatic nitrogens is 1. The van der Waals surface area contributed by atoms with Crippen LogP contribution in [0.15, 0.2) is 41.2 Å². The highest BCUT2D eigenvalue weighted by molar-refractivity contribution is 5.93. The maximum absolute atomic E-state index is 12.2. The zero-order valence-corrected chi connectivity index (χ0v) is 14.8. The predicted molar refractivity (Wildman–Crippen MR) is 98.8 cm³/mol. The monoisotopic (exact) mass is 341 g/mol. The van der Waals surface area contributed by atoms with Gasteiger partial charge >= 0.3 is 0 Å². The Morgan fingerprint density at radius 1 is 1.04 bits per heavy atom. The van der Waals surface area contributed by atoms with Gasteiger partial charge in [-0.2, -0.15) is 0 Å². The summed E-state index contributed by atoms with van der Waals surface area (Å²) in [6.07, 6.45) is 0.619. The van der Waals surface area contributed by atoms with Crippen molar-refractivity contribution >= 4 is 23.2 Å². The van der Waals surface area contributed by atoms with Crippen molar-refractivity contribution in [2.75, 3.05) is 10.6 Å². The molecule has 1 aromatic carbocycles. The molecule has 2 rings (SSSR count). The largest absolute Gasteiger partial charge is 0.326 e. The summed E-state index contributed by atoms with van der Waals surface area (Å²) in [6.45, 7) is 5.83. The molecule has 2 amide bonds. The van der Waals surface area contributed by atoms with E-state index in [0.717, 1.165) is 11.3 Å². The van der Waals surface area contributed by atoms with Crippen LogP contribution in [0, 0.1) is 13.8 Å². The Kier molecular flexibility index (Phi) is 6.11. The van der Waals surface area contributed by atoms with Crippen LogP contribution in [-0.4, -0.2) is 16.4 Å². The second-order valence-electron chi connectivity index (χ2n) is 5.89. The number of aryl methyl sites for hydroxylation is 2. The maximum Gasteiger partial charge on any atom is 0.250 e. The smallest absolute Gasteiger partial charge is 0.250 e. The average Bonchev–Trinajstić information content (AvgIpc) is 2.56. The number of amides is 2. The van der Waals surface area contributed by atoms with E-state index in [2.05, 4.69) is 10.6 Å². The molecule has 0 saturated carbocycles. The number of rotatable bonds is 6. The first-order valence-corrected chi connectivity index (χ1v) is 8.27. The van der Waals surface area contributed by atoms with Gasteiger partial charge in [0, 0.05) is 42.5 Å². The Hall–Kier alpha value is -2.89. The molecule has 132 valence electrons. The van der Waals surface area contributed by atoms with Gasteiger partial charge in [-0.3, -0.25) is 14.4 Å². The highest BCUT2D eigenvalue weighted by atomic mass is 16.2. The zero-order valence-electron chi connectivity index (χ0n) is 14.8. The fourth-order valence-electron chi connectivity index (χ4n) is 2.47. The Labute approximate surface area is 146 Å². The highest BCUT2D eigenvalue weighted by Gasteiger charge is 2.08. The summed E-state index contributed by atoms with van der Waals surface area (Å²) < 4.78 is 1.58. The van der Waals surface area contributed by atoms with Crippen LogP contribution in [-0.2, 0) is 16.1 Å². The van der Waals surface area contributed by atoms with E-state index in [1.54, 1.807) is 29.7 Å². The van der Waals surface area contributed by atoms with Crippen LogP contribution >= 0.6 is 0 Å². The van der Waals surface area contributed by atoms with E-state index in [9.17, 15) is 14.4 Å². The lowest BCUT2D eigenvalue weighted by Gasteiger charge is -2.12. The zero-order chi connectivity index (χ0) is 18.4. The lowest BCUT2D eigenvalue weighted by Crippen LogP contribution is -2.24. The summed E-state index contributed by atoms with van der Waals surface area (Å²) in [5, 5.41) is 5.63. The number of pyridine rings is 1. The quantitative estimate of drug-likeness (QED) is 0.848. The number of carbonyl (C=O) groups is 2. The van der Waals surface area contributed by atoms with E-state index in [0.29, 0.717) is 24.3 Å². The molecule has 0 aliphatic carbocycles. The molecule has 2 N–H and O–H groups in total. The molecule has 0 spiro atoms. The van der Waals surface area contributed by atoms with Crippen molar-refractivity contribution < 1.29 is 9.59 Å². The van der Waals surface area contributed by atoms with E-state index in [1.165, 1.54) is 6.07 Å². The molecule has 6 heteroatoms. The maximum atomic E-state index is 12.2. The van der Waals surface area contributed by atoms with Gasteiger partial charge in [0.05, 0.1) is 0 Å². The van der Waals surface area contributed by atoms with Crippen molar-refractivity contribution in [3.05, 3.63) is 58.0 Å². The third-order valence-corrected chi connectivity index (χ3v) is 3.94. The number of benzene rings is 1. The fourth-order valence-corrected chi connectivity index (χ4v) is 2.47. The van der Waals surface area contributed by atoms with Crippen LogP contribution in [0.3, 0.4) is 0 Å². The molecule has 0 aliphatic heterocycles. The highest BCUT2D eigenvalue weighted by Crippen LogP contribution is 2.20. The molecule has 0 unspecified atom stereocenters. The summed E-state index contributed by atoms with van der Waals surface area (Å²) in [6, 6.07) is 10.4. The van der Waals surface area contributed by atoms with Gasteiger partial charge in [-0.25, -0.2) is 0 Å². The molecule has 2 aromatic rings. The first-order valence-electron chi connectivity index (χ1n) is 8.27. The lowest BCUT2D eigenvalue weighted by molar-refractivity contribution is -0.117. The minimum Gasteiger partial charge on any atom is -0.326 e. The van der Waals surface area contributed by atoms with Crippen LogP contribution < -0.4 is 16.2 Å². The van der Waals surface area contributed by atoms with Gasteiger partial charge in [-0.05, 0) is 43.7 Å². The Balaban J connectivity index is 1.98. The normalized spacial score (nSPS) is 10.4. The van der Waals surface area contributed by atoms with Gasteiger partial charge in [0.15, 0.2) is 0 Å². The van der Waals surface area contributed by atoms with Gasteiger partial charge in [0.1, 0.15) is 0 Å². The van der Waals surface area contributed by atoms with Crippen LogP contribution in [0.4, 0.5) is 11.4 Å². The standard InChI is InChI=1S/C19H23N3O3/c1-4-17(23)20-15-8-9-16(13(2)12-15)21-18(24)10-11-22-14(3)6-5-7-19(22)25/h5-9,12H,4,10-11H2,1-3H3,(H,20,23)(H,21,24). The summed E-state index contributed by atoms with van der Waals surface area (Å²) in [5.41, 5.74) is 2.97. The molecule has 1 heterocycles. The third-order valence-electron chi connectivity index (χ3n) is 3.94. The predicted octanol–water partition coefficient (Wildman–Crippen LogP) is 2.84. The number of anilines is 2. The Morgan fingerprint density at radius 2 is 1.80 bits per heavy atom.